The van der Waals surface area contributed by atoms with Gasteiger partial charge in [-0.3, -0.25) is 0 Å². The average Bonchev–Trinajstić information content (AvgIpc) is 3.45. The molecule has 4 aromatic carbocycles. The number of rotatable bonds is 10. The van der Waals surface area contributed by atoms with Crippen molar-refractivity contribution in [2.75, 3.05) is 28.4 Å². The molecule has 222 valence electrons. The molecule has 0 fully saturated rings. The number of benzene rings is 4. The lowest BCUT2D eigenvalue weighted by molar-refractivity contribution is 0.414. The number of nitrogens with zero attached hydrogens (tertiary/aromatic N) is 4. The minimum atomic E-state index is 0.157. The van der Waals surface area contributed by atoms with E-state index in [1.807, 2.05) is 97.1 Å². The van der Waals surface area contributed by atoms with Crippen LogP contribution in [0.5, 0.6) is 23.0 Å². The van der Waals surface area contributed by atoms with Crippen molar-refractivity contribution in [2.45, 2.75) is 0 Å². The molecule has 0 N–H and O–H groups in total. The zero-order chi connectivity index (χ0) is 31.8. The fourth-order valence-corrected chi connectivity index (χ4v) is 5.52. The van der Waals surface area contributed by atoms with Gasteiger partial charge in [0.05, 0.1) is 39.9 Å². The number of aliphatic imine (C=N–C) groups is 2. The summed E-state index contributed by atoms with van der Waals surface area (Å²) in [6.45, 7) is 0. The standard InChI is InChI=1S/C36H28N4O4S/c1-41-27-13-5-23(6-14-27)33(24-7-15-28(42-2)16-8-24)39-35-31(21-37)32(22-38)36(45-35)40-34(25-9-17-29(43-3)18-10-25)26-11-19-30(44-4)20-12-26/h5-20H,1-4H3. The predicted molar refractivity (Wildman–Crippen MR) is 176 cm³/mol. The van der Waals surface area contributed by atoms with Gasteiger partial charge < -0.3 is 18.9 Å². The molecule has 0 saturated heterocycles. The maximum absolute atomic E-state index is 10.2. The number of ether oxygens (including phenoxy) is 4. The Hall–Kier alpha value is -5.90. The summed E-state index contributed by atoms with van der Waals surface area (Å²) in [7, 11) is 6.43. The first kappa shape index (κ1) is 30.6. The Kier molecular flexibility index (Phi) is 9.54. The van der Waals surface area contributed by atoms with Crippen LogP contribution in [0.15, 0.2) is 107 Å². The van der Waals surface area contributed by atoms with Crippen LogP contribution >= 0.6 is 11.3 Å². The zero-order valence-electron chi connectivity index (χ0n) is 25.1. The molecular weight excluding hydrogens is 584 g/mol. The molecule has 9 heteroatoms. The second-order valence-corrected chi connectivity index (χ2v) is 10.5. The first-order valence-corrected chi connectivity index (χ1v) is 14.6. The highest BCUT2D eigenvalue weighted by Crippen LogP contribution is 2.42. The summed E-state index contributed by atoms with van der Waals surface area (Å²) < 4.78 is 21.4. The largest absolute Gasteiger partial charge is 0.497 e. The number of nitriles is 2. The number of thiophene rings is 1. The van der Waals surface area contributed by atoms with Crippen molar-refractivity contribution in [3.05, 3.63) is 130 Å². The highest BCUT2D eigenvalue weighted by Gasteiger charge is 2.21. The van der Waals surface area contributed by atoms with E-state index in [-0.39, 0.29) is 11.1 Å². The lowest BCUT2D eigenvalue weighted by Gasteiger charge is -2.09. The molecule has 0 atom stereocenters. The second kappa shape index (κ2) is 14.0. The smallest absolute Gasteiger partial charge is 0.138 e. The Morgan fingerprint density at radius 1 is 0.467 bits per heavy atom. The molecule has 1 heterocycles. The molecule has 0 aliphatic rings. The quantitative estimate of drug-likeness (QED) is 0.149. The van der Waals surface area contributed by atoms with Crippen molar-refractivity contribution in [2.24, 2.45) is 9.98 Å². The number of hydrogen-bond donors (Lipinski definition) is 0. The minimum Gasteiger partial charge on any atom is -0.497 e. The Morgan fingerprint density at radius 3 is 0.911 bits per heavy atom. The average molecular weight is 613 g/mol. The summed E-state index contributed by atoms with van der Waals surface area (Å²) in [6, 6.07) is 34.4. The molecule has 45 heavy (non-hydrogen) atoms. The third kappa shape index (κ3) is 6.70. The van der Waals surface area contributed by atoms with Gasteiger partial charge in [0.1, 0.15) is 56.3 Å². The Labute approximate surface area is 265 Å². The third-order valence-corrected chi connectivity index (χ3v) is 7.95. The van der Waals surface area contributed by atoms with Gasteiger partial charge in [-0.1, -0.05) is 11.3 Å². The predicted octanol–water partition coefficient (Wildman–Crippen LogP) is 7.86. The summed E-state index contributed by atoms with van der Waals surface area (Å²) in [6.07, 6.45) is 0. The van der Waals surface area contributed by atoms with Crippen LogP contribution in [0.25, 0.3) is 0 Å². The van der Waals surface area contributed by atoms with Gasteiger partial charge in [-0.2, -0.15) is 10.5 Å². The normalized spacial score (nSPS) is 10.2. The highest BCUT2D eigenvalue weighted by atomic mass is 32.1. The van der Waals surface area contributed by atoms with Gasteiger partial charge in [0, 0.05) is 22.3 Å². The van der Waals surface area contributed by atoms with E-state index in [1.54, 1.807) is 28.4 Å². The second-order valence-electron chi connectivity index (χ2n) is 9.52. The first-order valence-electron chi connectivity index (χ1n) is 13.7. The maximum Gasteiger partial charge on any atom is 0.138 e. The maximum atomic E-state index is 10.2. The fraction of sp³-hybridized carbons (Fsp3) is 0.111. The molecule has 0 unspecified atom stereocenters. The topological polar surface area (TPSA) is 109 Å². The Morgan fingerprint density at radius 2 is 0.711 bits per heavy atom. The molecule has 0 saturated carbocycles. The van der Waals surface area contributed by atoms with Crippen molar-refractivity contribution in [3.63, 3.8) is 0 Å². The van der Waals surface area contributed by atoms with Crippen molar-refractivity contribution in [1.82, 2.24) is 0 Å². The van der Waals surface area contributed by atoms with Gasteiger partial charge in [-0.05, 0) is 97.1 Å². The summed E-state index contributed by atoms with van der Waals surface area (Å²) in [5.41, 5.74) is 4.76. The van der Waals surface area contributed by atoms with Crippen LogP contribution in [-0.2, 0) is 0 Å². The van der Waals surface area contributed by atoms with Crippen LogP contribution < -0.4 is 18.9 Å². The molecule has 0 aliphatic carbocycles. The van der Waals surface area contributed by atoms with Crippen molar-refractivity contribution >= 4 is 32.8 Å². The van der Waals surface area contributed by atoms with Gasteiger partial charge >= 0.3 is 0 Å². The van der Waals surface area contributed by atoms with E-state index in [9.17, 15) is 10.5 Å². The molecule has 0 spiro atoms. The highest BCUT2D eigenvalue weighted by molar-refractivity contribution is 7.20. The van der Waals surface area contributed by atoms with E-state index in [4.69, 9.17) is 28.9 Å². The molecule has 5 rings (SSSR count). The van der Waals surface area contributed by atoms with Crippen molar-refractivity contribution < 1.29 is 18.9 Å². The molecule has 0 radical (unpaired) electrons. The van der Waals surface area contributed by atoms with Gasteiger partial charge in [0.2, 0.25) is 0 Å². The molecule has 0 amide bonds. The number of methoxy groups -OCH3 is 4. The summed E-state index contributed by atoms with van der Waals surface area (Å²) in [5.74, 6) is 2.81. The summed E-state index contributed by atoms with van der Waals surface area (Å²) in [5, 5.41) is 21.2. The monoisotopic (exact) mass is 612 g/mol. The van der Waals surface area contributed by atoms with E-state index in [1.165, 1.54) is 11.3 Å². The summed E-state index contributed by atoms with van der Waals surface area (Å²) >= 11 is 1.18. The Bertz CT molecular complexity index is 1690. The van der Waals surface area contributed by atoms with Gasteiger partial charge in [-0.25, -0.2) is 9.98 Å². The van der Waals surface area contributed by atoms with E-state index >= 15 is 0 Å². The minimum absolute atomic E-state index is 0.157. The molecule has 5 aromatic rings. The summed E-state index contributed by atoms with van der Waals surface area (Å²) in [4.78, 5) is 9.97. The third-order valence-electron chi connectivity index (χ3n) is 6.98. The molecule has 0 bridgehead atoms. The fourth-order valence-electron chi connectivity index (χ4n) is 4.56. The molecular formula is C36H28N4O4S. The van der Waals surface area contributed by atoms with E-state index < -0.39 is 0 Å². The van der Waals surface area contributed by atoms with E-state index in [0.717, 1.165) is 22.3 Å². The Balaban J connectivity index is 1.71. The number of hydrogen-bond acceptors (Lipinski definition) is 9. The van der Waals surface area contributed by atoms with E-state index in [2.05, 4.69) is 12.1 Å². The lowest BCUT2D eigenvalue weighted by Crippen LogP contribution is -2.03. The first-order chi connectivity index (χ1) is 22.0. The molecule has 8 nitrogen and oxygen atoms in total. The van der Waals surface area contributed by atoms with Crippen LogP contribution in [0, 0.1) is 22.7 Å². The molecule has 0 aliphatic heterocycles. The van der Waals surface area contributed by atoms with Gasteiger partial charge in [0.15, 0.2) is 0 Å². The van der Waals surface area contributed by atoms with Gasteiger partial charge in [-0.15, -0.1) is 0 Å². The van der Waals surface area contributed by atoms with Crippen LogP contribution in [0.2, 0.25) is 0 Å². The lowest BCUT2D eigenvalue weighted by atomic mass is 10.0. The SMILES string of the molecule is COc1ccc(C(=Nc2sc(N=C(c3ccc(OC)cc3)c3ccc(OC)cc3)c(C#N)c2C#N)c2ccc(OC)cc2)cc1. The van der Waals surface area contributed by atoms with Gasteiger partial charge in [0.25, 0.3) is 0 Å². The van der Waals surface area contributed by atoms with Crippen molar-refractivity contribution in [1.29, 1.82) is 10.5 Å². The van der Waals surface area contributed by atoms with Crippen LogP contribution in [0.3, 0.4) is 0 Å². The molecule has 1 aromatic heterocycles. The van der Waals surface area contributed by atoms with Crippen LogP contribution in [-0.4, -0.2) is 39.9 Å². The van der Waals surface area contributed by atoms with Crippen LogP contribution in [0.4, 0.5) is 10.0 Å². The van der Waals surface area contributed by atoms with E-state index in [0.29, 0.717) is 44.4 Å². The van der Waals surface area contributed by atoms with Crippen molar-refractivity contribution in [3.8, 4) is 35.1 Å². The zero-order valence-corrected chi connectivity index (χ0v) is 25.9. The van der Waals surface area contributed by atoms with Crippen LogP contribution in [0.1, 0.15) is 33.4 Å².